The third-order valence-corrected chi connectivity index (χ3v) is 8.06. The van der Waals surface area contributed by atoms with Gasteiger partial charge >= 0.3 is 0 Å². The molecule has 5 aromatic rings. The molecule has 8 heteroatoms. The van der Waals surface area contributed by atoms with Crippen LogP contribution >= 0.6 is 31.9 Å². The second-order valence-corrected chi connectivity index (χ2v) is 11.3. The molecule has 1 unspecified atom stereocenters. The number of carbonyl (C=O) groups excluding carboxylic acids is 1. The maximum Gasteiger partial charge on any atom is 0.274 e. The second-order valence-electron chi connectivity index (χ2n) is 9.46. The molecule has 0 aliphatic carbocycles. The van der Waals surface area contributed by atoms with Gasteiger partial charge in [0.15, 0.2) is 0 Å². The summed E-state index contributed by atoms with van der Waals surface area (Å²) in [7, 11) is 1.58. The van der Waals surface area contributed by atoms with Gasteiger partial charge in [-0.2, -0.15) is 5.10 Å². The molecule has 0 fully saturated rings. The van der Waals surface area contributed by atoms with Crippen LogP contribution in [0.25, 0.3) is 22.0 Å². The molecule has 0 saturated carbocycles. The van der Waals surface area contributed by atoms with Crippen LogP contribution in [0, 0.1) is 0 Å². The lowest BCUT2D eigenvalue weighted by Crippen LogP contribution is -2.27. The molecule has 1 aliphatic heterocycles. The summed E-state index contributed by atoms with van der Waals surface area (Å²) in [5, 5.41) is 7.25. The monoisotopic (exact) mass is 655 g/mol. The van der Waals surface area contributed by atoms with E-state index in [1.54, 1.807) is 31.4 Å². The molecule has 198 valence electrons. The largest absolute Gasteiger partial charge is 0.497 e. The van der Waals surface area contributed by atoms with Gasteiger partial charge in [-0.15, -0.1) is 0 Å². The first-order valence-corrected chi connectivity index (χ1v) is 14.2. The van der Waals surface area contributed by atoms with Crippen molar-refractivity contribution in [2.45, 2.75) is 12.5 Å². The Balaban J connectivity index is 1.55. The van der Waals surface area contributed by atoms with Gasteiger partial charge in [-0.25, -0.2) is 5.01 Å². The van der Waals surface area contributed by atoms with Crippen molar-refractivity contribution in [3.63, 3.8) is 0 Å². The van der Waals surface area contributed by atoms with Gasteiger partial charge in [0.05, 0.1) is 24.4 Å². The van der Waals surface area contributed by atoms with Gasteiger partial charge in [0.25, 0.3) is 11.5 Å². The average Bonchev–Trinajstić information content (AvgIpc) is 3.42. The van der Waals surface area contributed by atoms with Gasteiger partial charge in [-0.05, 0) is 65.7 Å². The van der Waals surface area contributed by atoms with E-state index in [2.05, 4.69) is 36.8 Å². The molecule has 1 aliphatic rings. The molecule has 1 atom stereocenters. The molecular formula is C32H23Br2N3O3. The number of hydrazone groups is 1. The fraction of sp³-hybridized carbons (Fsp3) is 0.0938. The first-order chi connectivity index (χ1) is 19.4. The van der Waals surface area contributed by atoms with Crippen molar-refractivity contribution in [1.82, 2.24) is 9.99 Å². The number of rotatable bonds is 5. The molecule has 6 rings (SSSR count). The Morgan fingerprint density at radius 1 is 0.900 bits per heavy atom. The molecular weight excluding hydrogens is 634 g/mol. The number of hydrogen-bond acceptors (Lipinski definition) is 4. The van der Waals surface area contributed by atoms with Crippen molar-refractivity contribution in [3.05, 3.63) is 133 Å². The number of halogens is 2. The summed E-state index contributed by atoms with van der Waals surface area (Å²) in [6, 6.07) is 30.0. The van der Waals surface area contributed by atoms with Gasteiger partial charge in [-0.3, -0.25) is 9.59 Å². The quantitative estimate of drug-likeness (QED) is 0.210. The van der Waals surface area contributed by atoms with Crippen LogP contribution in [0.15, 0.2) is 116 Å². The Hall–Kier alpha value is -4.01. The molecule has 40 heavy (non-hydrogen) atoms. The number of aromatic amines is 1. The number of methoxy groups -OCH3 is 1. The van der Waals surface area contributed by atoms with Crippen LogP contribution in [0.3, 0.4) is 0 Å². The lowest BCUT2D eigenvalue weighted by Gasteiger charge is -2.22. The third kappa shape index (κ3) is 4.89. The zero-order valence-electron chi connectivity index (χ0n) is 21.4. The lowest BCUT2D eigenvalue weighted by atomic mass is 9.91. The predicted octanol–water partition coefficient (Wildman–Crippen LogP) is 7.72. The molecule has 1 aromatic heterocycles. The second kappa shape index (κ2) is 10.9. The van der Waals surface area contributed by atoms with E-state index in [1.165, 1.54) is 5.01 Å². The summed E-state index contributed by atoms with van der Waals surface area (Å²) in [6.07, 6.45) is 0.381. The maximum absolute atomic E-state index is 13.8. The Morgan fingerprint density at radius 2 is 1.60 bits per heavy atom. The van der Waals surface area contributed by atoms with E-state index in [0.717, 1.165) is 36.5 Å². The number of fused-ring (bicyclic) bond motifs is 1. The van der Waals surface area contributed by atoms with Crippen LogP contribution in [-0.2, 0) is 0 Å². The Labute approximate surface area is 247 Å². The number of benzene rings is 4. The molecule has 1 amide bonds. The number of hydrogen-bond donors (Lipinski definition) is 1. The molecule has 0 spiro atoms. The van der Waals surface area contributed by atoms with Crippen LogP contribution in [-0.4, -0.2) is 28.7 Å². The highest BCUT2D eigenvalue weighted by molar-refractivity contribution is 9.10. The summed E-state index contributed by atoms with van der Waals surface area (Å²) >= 11 is 7.09. The van der Waals surface area contributed by atoms with E-state index in [-0.39, 0.29) is 17.5 Å². The Bertz CT molecular complexity index is 1820. The fourth-order valence-corrected chi connectivity index (χ4v) is 5.73. The van der Waals surface area contributed by atoms with Crippen molar-refractivity contribution >= 4 is 54.4 Å². The van der Waals surface area contributed by atoms with E-state index in [4.69, 9.17) is 9.84 Å². The van der Waals surface area contributed by atoms with Gasteiger partial charge in [0.1, 0.15) is 5.75 Å². The third-order valence-electron chi connectivity index (χ3n) is 7.04. The summed E-state index contributed by atoms with van der Waals surface area (Å²) in [4.78, 5) is 30.6. The molecule has 0 radical (unpaired) electrons. The SMILES string of the molecule is COc1ccc(C(=O)N2N=C(c3c(-c4ccccc4)c4cc(Br)ccc4[nH]c3=O)CC2c2ccc(Br)cc2)cc1. The van der Waals surface area contributed by atoms with E-state index in [0.29, 0.717) is 29.0 Å². The van der Waals surface area contributed by atoms with Crippen molar-refractivity contribution in [3.8, 4) is 16.9 Å². The Morgan fingerprint density at radius 3 is 2.30 bits per heavy atom. The van der Waals surface area contributed by atoms with Crippen molar-refractivity contribution in [2.75, 3.05) is 7.11 Å². The number of nitrogens with zero attached hydrogens (tertiary/aromatic N) is 2. The standard InChI is InChI=1S/C32H23Br2N3O3/c1-40-24-14-9-21(10-15-24)32(39)37-28(19-7-11-22(33)12-8-19)18-27(36-37)30-29(20-5-3-2-4-6-20)25-17-23(34)13-16-26(25)35-31(30)38/h2-17,28H,18H2,1H3,(H,35,38). The normalized spacial score (nSPS) is 14.8. The molecule has 1 N–H and O–H groups in total. The summed E-state index contributed by atoms with van der Waals surface area (Å²) in [6.45, 7) is 0. The number of nitrogens with one attached hydrogen (secondary N) is 1. The van der Waals surface area contributed by atoms with Gasteiger partial charge < -0.3 is 9.72 Å². The zero-order valence-corrected chi connectivity index (χ0v) is 24.6. The molecule has 0 saturated heterocycles. The zero-order chi connectivity index (χ0) is 27.8. The predicted molar refractivity (Wildman–Crippen MR) is 165 cm³/mol. The van der Waals surface area contributed by atoms with E-state index in [1.807, 2.05) is 72.8 Å². The number of carbonyl (C=O) groups is 1. The number of pyridine rings is 1. The smallest absolute Gasteiger partial charge is 0.274 e. The molecule has 0 bridgehead atoms. The van der Waals surface area contributed by atoms with Gasteiger partial charge in [0, 0.05) is 37.4 Å². The highest BCUT2D eigenvalue weighted by atomic mass is 79.9. The molecule has 6 nitrogen and oxygen atoms in total. The fourth-order valence-electron chi connectivity index (χ4n) is 5.10. The summed E-state index contributed by atoms with van der Waals surface area (Å²) in [5.41, 5.74) is 4.58. The molecule has 4 aromatic carbocycles. The highest BCUT2D eigenvalue weighted by Gasteiger charge is 2.36. The first-order valence-electron chi connectivity index (χ1n) is 12.6. The number of amides is 1. The van der Waals surface area contributed by atoms with Crippen LogP contribution in [0.2, 0.25) is 0 Å². The average molecular weight is 657 g/mol. The minimum Gasteiger partial charge on any atom is -0.497 e. The maximum atomic E-state index is 13.8. The van der Waals surface area contributed by atoms with E-state index < -0.39 is 0 Å². The first kappa shape index (κ1) is 26.2. The highest BCUT2D eigenvalue weighted by Crippen LogP contribution is 2.38. The Kier molecular flexibility index (Phi) is 7.12. The van der Waals surface area contributed by atoms with E-state index in [9.17, 15) is 9.59 Å². The van der Waals surface area contributed by atoms with Gasteiger partial charge in [0.2, 0.25) is 0 Å². The number of ether oxygens (including phenoxy) is 1. The van der Waals surface area contributed by atoms with Crippen LogP contribution < -0.4 is 10.3 Å². The van der Waals surface area contributed by atoms with Crippen LogP contribution in [0.1, 0.15) is 33.9 Å². The number of H-pyrrole nitrogens is 1. The van der Waals surface area contributed by atoms with Crippen LogP contribution in [0.5, 0.6) is 5.75 Å². The topological polar surface area (TPSA) is 74.8 Å². The molecule has 2 heterocycles. The van der Waals surface area contributed by atoms with Gasteiger partial charge in [-0.1, -0.05) is 74.3 Å². The lowest BCUT2D eigenvalue weighted by molar-refractivity contribution is 0.0711. The van der Waals surface area contributed by atoms with Crippen molar-refractivity contribution in [2.24, 2.45) is 5.10 Å². The summed E-state index contributed by atoms with van der Waals surface area (Å²) in [5.74, 6) is 0.403. The van der Waals surface area contributed by atoms with Crippen molar-refractivity contribution < 1.29 is 9.53 Å². The van der Waals surface area contributed by atoms with Crippen molar-refractivity contribution in [1.29, 1.82) is 0 Å². The minimum absolute atomic E-state index is 0.249. The minimum atomic E-state index is -0.390. The number of aromatic nitrogens is 1. The van der Waals surface area contributed by atoms with E-state index >= 15 is 0 Å². The summed E-state index contributed by atoms with van der Waals surface area (Å²) < 4.78 is 7.10. The van der Waals surface area contributed by atoms with Crippen LogP contribution in [0.4, 0.5) is 0 Å².